The lowest BCUT2D eigenvalue weighted by Gasteiger charge is -2.48. The van der Waals surface area contributed by atoms with Crippen molar-refractivity contribution < 1.29 is 9.18 Å². The monoisotopic (exact) mass is 616 g/mol. The zero-order valence-corrected chi connectivity index (χ0v) is 25.5. The van der Waals surface area contributed by atoms with Crippen LogP contribution in [0.15, 0.2) is 24.3 Å². The summed E-state index contributed by atoms with van der Waals surface area (Å²) < 4.78 is 15.4. The number of aryl methyl sites for hydroxylation is 1. The number of carbonyl (C=O) groups excluding carboxylic acids is 1. The number of hydrogen-bond donors (Lipinski definition) is 0. The molecule has 3 saturated heterocycles. The summed E-state index contributed by atoms with van der Waals surface area (Å²) in [6.45, 7) is 7.17. The van der Waals surface area contributed by atoms with E-state index in [4.69, 9.17) is 20.3 Å². The molecule has 0 aliphatic carbocycles. The van der Waals surface area contributed by atoms with Gasteiger partial charge in [0.15, 0.2) is 10.9 Å². The van der Waals surface area contributed by atoms with Crippen LogP contribution in [0.5, 0.6) is 0 Å². The average Bonchev–Trinajstić information content (AvgIpc) is 3.73. The quantitative estimate of drug-likeness (QED) is 0.306. The lowest BCUT2D eigenvalue weighted by atomic mass is 9.79. The largest absolute Gasteiger partial charge is 0.346 e. The van der Waals surface area contributed by atoms with E-state index in [0.29, 0.717) is 47.3 Å². The van der Waals surface area contributed by atoms with Gasteiger partial charge in [0.05, 0.1) is 24.2 Å². The van der Waals surface area contributed by atoms with Gasteiger partial charge in [0.25, 0.3) is 0 Å². The van der Waals surface area contributed by atoms with Crippen molar-refractivity contribution in [3.63, 3.8) is 0 Å². The Morgan fingerprint density at radius 3 is 2.63 bits per heavy atom. The third kappa shape index (κ3) is 4.79. The fourth-order valence-electron chi connectivity index (χ4n) is 6.32. The van der Waals surface area contributed by atoms with E-state index in [2.05, 4.69) is 28.9 Å². The first-order valence-corrected chi connectivity index (χ1v) is 15.9. The van der Waals surface area contributed by atoms with E-state index >= 15 is 0 Å². The van der Waals surface area contributed by atoms with E-state index in [1.165, 1.54) is 23.5 Å². The van der Waals surface area contributed by atoms with Crippen LogP contribution in [-0.4, -0.2) is 88.2 Å². The van der Waals surface area contributed by atoms with Crippen molar-refractivity contribution in [3.8, 4) is 23.4 Å². The van der Waals surface area contributed by atoms with E-state index in [0.717, 1.165) is 54.2 Å². The van der Waals surface area contributed by atoms with Crippen molar-refractivity contribution in [2.45, 2.75) is 19.8 Å². The number of carbonyl (C=O) groups is 1. The summed E-state index contributed by atoms with van der Waals surface area (Å²) in [7, 11) is 1.91. The Bertz CT molecular complexity index is 1790. The van der Waals surface area contributed by atoms with Crippen LogP contribution in [0.1, 0.15) is 23.9 Å². The number of fused-ring (bicyclic) bond motifs is 1. The van der Waals surface area contributed by atoms with Crippen LogP contribution in [0.3, 0.4) is 0 Å². The van der Waals surface area contributed by atoms with E-state index in [-0.39, 0.29) is 23.1 Å². The smallest absolute Gasteiger partial charge is 0.236 e. The molecule has 0 radical (unpaired) electrons. The lowest BCUT2D eigenvalue weighted by Crippen LogP contribution is -2.61. The van der Waals surface area contributed by atoms with Crippen LogP contribution in [0.2, 0.25) is 0 Å². The highest BCUT2D eigenvalue weighted by Gasteiger charge is 2.49. The van der Waals surface area contributed by atoms with Gasteiger partial charge in [0.2, 0.25) is 16.0 Å². The van der Waals surface area contributed by atoms with Gasteiger partial charge in [-0.25, -0.2) is 14.4 Å². The van der Waals surface area contributed by atoms with Gasteiger partial charge in [-0.1, -0.05) is 29.6 Å². The number of hydrogen-bond acceptors (Lipinski definition) is 11. The zero-order chi connectivity index (χ0) is 29.9. The molecule has 4 aromatic rings. The molecule has 7 rings (SSSR count). The number of amides is 1. The van der Waals surface area contributed by atoms with Crippen molar-refractivity contribution in [2.75, 3.05) is 62.7 Å². The normalized spacial score (nSPS) is 18.1. The van der Waals surface area contributed by atoms with Crippen molar-refractivity contribution in [1.29, 1.82) is 10.5 Å². The molecule has 43 heavy (non-hydrogen) atoms. The number of rotatable bonds is 7. The molecule has 0 bridgehead atoms. The van der Waals surface area contributed by atoms with Gasteiger partial charge in [-0.05, 0) is 37.1 Å². The second-order valence-electron chi connectivity index (χ2n) is 11.6. The minimum absolute atomic E-state index is 0.0151. The maximum atomic E-state index is 13.5. The van der Waals surface area contributed by atoms with Crippen LogP contribution < -0.4 is 9.80 Å². The summed E-state index contributed by atoms with van der Waals surface area (Å²) in [6, 6.07) is 10.5. The second-order valence-corrected chi connectivity index (χ2v) is 13.5. The lowest BCUT2D eigenvalue weighted by molar-refractivity contribution is -0.140. The van der Waals surface area contributed by atoms with Gasteiger partial charge in [-0.15, -0.1) is 5.10 Å². The number of aromatic nitrogens is 4. The number of imidazole rings is 1. The topological polar surface area (TPSA) is 121 Å². The highest BCUT2D eigenvalue weighted by Crippen LogP contribution is 2.43. The number of halogens is 1. The van der Waals surface area contributed by atoms with E-state index < -0.39 is 0 Å². The van der Waals surface area contributed by atoms with E-state index in [1.807, 2.05) is 16.5 Å². The minimum Gasteiger partial charge on any atom is -0.346 e. The van der Waals surface area contributed by atoms with Crippen LogP contribution in [-0.2, 0) is 11.2 Å². The average molecular weight is 617 g/mol. The van der Waals surface area contributed by atoms with Crippen LogP contribution >= 0.6 is 22.7 Å². The highest BCUT2D eigenvalue weighted by atomic mass is 32.1. The Labute approximate surface area is 256 Å². The van der Waals surface area contributed by atoms with Crippen LogP contribution in [0.25, 0.3) is 16.2 Å². The molecule has 3 fully saturated rings. The van der Waals surface area contributed by atoms with Gasteiger partial charge in [0, 0.05) is 57.3 Å². The molecule has 0 atom stereocenters. The summed E-state index contributed by atoms with van der Waals surface area (Å²) in [5, 5.41) is 25.3. The Hall–Kier alpha value is -4.11. The molecule has 3 aliphatic rings. The summed E-state index contributed by atoms with van der Waals surface area (Å²) in [5.41, 5.74) is 2.28. The Kier molecular flexibility index (Phi) is 6.80. The number of anilines is 3. The van der Waals surface area contributed by atoms with Crippen LogP contribution in [0.4, 0.5) is 20.5 Å². The van der Waals surface area contributed by atoms with Crippen LogP contribution in [0, 0.1) is 39.8 Å². The maximum absolute atomic E-state index is 13.5. The third-order valence-corrected chi connectivity index (χ3v) is 10.6. The predicted octanol–water partition coefficient (Wildman–Crippen LogP) is 3.75. The number of benzene rings is 1. The van der Waals surface area contributed by atoms with Crippen molar-refractivity contribution >= 4 is 49.6 Å². The maximum Gasteiger partial charge on any atom is 0.236 e. The fraction of sp³-hybridized carbons (Fsp3) is 0.448. The highest BCUT2D eigenvalue weighted by molar-refractivity contribution is 7.20. The summed E-state index contributed by atoms with van der Waals surface area (Å²) in [6.07, 6.45) is 1.76. The Balaban J connectivity index is 1.07. The van der Waals surface area contributed by atoms with Gasteiger partial charge in [0.1, 0.15) is 22.5 Å². The molecule has 6 heterocycles. The number of nitriles is 2. The number of nitrogens with zero attached hydrogens (tertiary/aromatic N) is 10. The Morgan fingerprint density at radius 2 is 1.93 bits per heavy atom. The van der Waals surface area contributed by atoms with E-state index in [9.17, 15) is 14.4 Å². The molecule has 3 aliphatic heterocycles. The first kappa shape index (κ1) is 27.7. The summed E-state index contributed by atoms with van der Waals surface area (Å²) in [4.78, 5) is 31.7. The molecule has 220 valence electrons. The number of thiazole rings is 1. The molecular weight excluding hydrogens is 588 g/mol. The molecule has 1 spiro atoms. The molecule has 11 nitrogen and oxygen atoms in total. The van der Waals surface area contributed by atoms with Crippen molar-refractivity contribution in [2.24, 2.45) is 11.3 Å². The third-order valence-electron chi connectivity index (χ3n) is 8.62. The molecule has 0 unspecified atom stereocenters. The van der Waals surface area contributed by atoms with E-state index in [1.54, 1.807) is 28.4 Å². The summed E-state index contributed by atoms with van der Waals surface area (Å²) >= 11 is 2.85. The molecule has 14 heteroatoms. The molecular formula is C29H29FN10OS2. The van der Waals surface area contributed by atoms with Gasteiger partial charge < -0.3 is 14.7 Å². The second kappa shape index (κ2) is 10.6. The zero-order valence-electron chi connectivity index (χ0n) is 23.8. The molecule has 1 aromatic carbocycles. The van der Waals surface area contributed by atoms with Gasteiger partial charge in [-0.2, -0.15) is 15.0 Å². The predicted molar refractivity (Wildman–Crippen MR) is 162 cm³/mol. The Morgan fingerprint density at radius 1 is 1.16 bits per heavy atom. The first-order chi connectivity index (χ1) is 20.8. The van der Waals surface area contributed by atoms with Gasteiger partial charge >= 0.3 is 0 Å². The van der Waals surface area contributed by atoms with Crippen molar-refractivity contribution in [3.05, 3.63) is 40.7 Å². The first-order valence-electron chi connectivity index (χ1n) is 14.2. The molecule has 0 N–H and O–H groups in total. The SMILES string of the molecule is CCc1nc2sc(N3CCC4(CN(CC(=O)N5CC(C#N)C5)C4)C3)nn2c1N(C)c1nc(-c2ccc(F)cc2)c(C#N)s1. The summed E-state index contributed by atoms with van der Waals surface area (Å²) in [5.74, 6) is 0.580. The standard InChI is InChI=1S/C29H29FN10OS2/c1-3-21-25(36(2)26-34-24(22(11-32)42-26)19-4-6-20(30)7-5-19)40-27(33-21)43-28(35-40)38-9-8-29(17-38)15-37(16-29)14-23(41)39-12-18(10-31)13-39/h4-7,18H,3,8-9,12-17H2,1-2H3. The molecule has 0 saturated carbocycles. The minimum atomic E-state index is -0.338. The number of likely N-dealkylation sites (tertiary alicyclic amines) is 2. The molecule has 1 amide bonds. The molecule has 3 aromatic heterocycles. The van der Waals surface area contributed by atoms with Crippen molar-refractivity contribution in [1.82, 2.24) is 29.4 Å². The fourth-order valence-corrected chi connectivity index (χ4v) is 8.11. The van der Waals surface area contributed by atoms with Gasteiger partial charge in [-0.3, -0.25) is 9.69 Å².